The third kappa shape index (κ3) is 0.690. The highest BCUT2D eigenvalue weighted by Gasteiger charge is 2.26. The van der Waals surface area contributed by atoms with Crippen molar-refractivity contribution in [2.45, 2.75) is 13.0 Å². The van der Waals surface area contributed by atoms with Crippen LogP contribution in [0.15, 0.2) is 0 Å². The maximum Gasteiger partial charge on any atom is 0.237 e. The van der Waals surface area contributed by atoms with Crippen LogP contribution in [-0.2, 0) is 4.79 Å². The van der Waals surface area contributed by atoms with Crippen molar-refractivity contribution in [1.29, 1.82) is 0 Å². The number of amides is 1. The fourth-order valence-corrected chi connectivity index (χ4v) is 0.765. The molecule has 1 aliphatic heterocycles. The summed E-state index contributed by atoms with van der Waals surface area (Å²) in [5.41, 5.74) is 5.41. The van der Waals surface area contributed by atoms with Gasteiger partial charge in [0.15, 0.2) is 0 Å². The minimum absolute atomic E-state index is 0.0162. The van der Waals surface area contributed by atoms with Crippen molar-refractivity contribution in [1.82, 2.24) is 5.32 Å². The Hall–Kier alpha value is -0.570. The van der Waals surface area contributed by atoms with E-state index in [0.29, 0.717) is 5.92 Å². The van der Waals surface area contributed by atoms with E-state index in [4.69, 9.17) is 5.73 Å². The Labute approximate surface area is 48.2 Å². The lowest BCUT2D eigenvalue weighted by Crippen LogP contribution is -2.32. The Morgan fingerprint density at radius 1 is 1.88 bits per heavy atom. The molecule has 3 nitrogen and oxygen atoms in total. The Kier molecular flexibility index (Phi) is 1.21. The van der Waals surface area contributed by atoms with Gasteiger partial charge in [-0.15, -0.1) is 0 Å². The monoisotopic (exact) mass is 114 g/mol. The molecule has 0 aromatic heterocycles. The third-order valence-corrected chi connectivity index (χ3v) is 1.51. The van der Waals surface area contributed by atoms with Crippen LogP contribution in [0.5, 0.6) is 0 Å². The van der Waals surface area contributed by atoms with E-state index in [1.807, 2.05) is 6.92 Å². The van der Waals surface area contributed by atoms with E-state index in [-0.39, 0.29) is 11.9 Å². The SMILES string of the molecule is C[C@H]1CNC(=O)[C@H]1N. The Bertz CT molecular complexity index is 113. The van der Waals surface area contributed by atoms with Crippen LogP contribution in [-0.4, -0.2) is 18.5 Å². The van der Waals surface area contributed by atoms with Crippen LogP contribution in [0, 0.1) is 5.92 Å². The molecule has 1 saturated heterocycles. The maximum absolute atomic E-state index is 10.5. The lowest BCUT2D eigenvalue weighted by molar-refractivity contribution is -0.120. The topological polar surface area (TPSA) is 55.1 Å². The molecule has 0 aromatic rings. The lowest BCUT2D eigenvalue weighted by Gasteiger charge is -2.01. The largest absolute Gasteiger partial charge is 0.354 e. The molecule has 0 saturated carbocycles. The van der Waals surface area contributed by atoms with Crippen molar-refractivity contribution < 1.29 is 4.79 Å². The second-order valence-electron chi connectivity index (χ2n) is 2.25. The summed E-state index contributed by atoms with van der Waals surface area (Å²) in [6.45, 7) is 2.70. The zero-order chi connectivity index (χ0) is 6.15. The van der Waals surface area contributed by atoms with E-state index in [1.165, 1.54) is 0 Å². The van der Waals surface area contributed by atoms with Gasteiger partial charge in [0.2, 0.25) is 5.91 Å². The molecule has 0 unspecified atom stereocenters. The second-order valence-corrected chi connectivity index (χ2v) is 2.25. The highest BCUT2D eigenvalue weighted by molar-refractivity contribution is 5.83. The Balaban J connectivity index is 2.56. The molecule has 1 heterocycles. The third-order valence-electron chi connectivity index (χ3n) is 1.51. The highest BCUT2D eigenvalue weighted by atomic mass is 16.2. The summed E-state index contributed by atoms with van der Waals surface area (Å²) in [7, 11) is 0. The van der Waals surface area contributed by atoms with Crippen molar-refractivity contribution in [2.24, 2.45) is 11.7 Å². The van der Waals surface area contributed by atoms with Crippen molar-refractivity contribution in [3.63, 3.8) is 0 Å². The van der Waals surface area contributed by atoms with Gasteiger partial charge in [0.05, 0.1) is 6.04 Å². The van der Waals surface area contributed by atoms with Crippen molar-refractivity contribution >= 4 is 5.91 Å². The number of hydrogen-bond acceptors (Lipinski definition) is 2. The molecule has 3 heteroatoms. The number of carbonyl (C=O) groups is 1. The van der Waals surface area contributed by atoms with Crippen LogP contribution in [0.4, 0.5) is 0 Å². The molecule has 1 rings (SSSR count). The first-order valence-electron chi connectivity index (χ1n) is 2.75. The van der Waals surface area contributed by atoms with Gasteiger partial charge < -0.3 is 11.1 Å². The van der Waals surface area contributed by atoms with E-state index in [9.17, 15) is 4.79 Å². The quantitative estimate of drug-likeness (QED) is 0.428. The fourth-order valence-electron chi connectivity index (χ4n) is 0.765. The van der Waals surface area contributed by atoms with Crippen molar-refractivity contribution in [3.8, 4) is 0 Å². The normalized spacial score (nSPS) is 37.5. The molecule has 1 amide bonds. The summed E-state index contributed by atoms with van der Waals surface area (Å²) < 4.78 is 0. The smallest absolute Gasteiger partial charge is 0.237 e. The minimum atomic E-state index is -0.269. The molecule has 2 atom stereocenters. The summed E-state index contributed by atoms with van der Waals surface area (Å²) in [4.78, 5) is 10.5. The number of nitrogens with two attached hydrogens (primary N) is 1. The predicted octanol–water partition coefficient (Wildman–Crippen LogP) is -0.920. The zero-order valence-corrected chi connectivity index (χ0v) is 4.85. The zero-order valence-electron chi connectivity index (χ0n) is 4.85. The molecule has 0 aliphatic carbocycles. The molecule has 0 spiro atoms. The fraction of sp³-hybridized carbons (Fsp3) is 0.800. The van der Waals surface area contributed by atoms with Crippen LogP contribution >= 0.6 is 0 Å². The molecule has 8 heavy (non-hydrogen) atoms. The van der Waals surface area contributed by atoms with Crippen LogP contribution in [0.1, 0.15) is 6.92 Å². The van der Waals surface area contributed by atoms with Gasteiger partial charge in [-0.2, -0.15) is 0 Å². The molecular weight excluding hydrogens is 104 g/mol. The first-order valence-corrected chi connectivity index (χ1v) is 2.75. The summed E-state index contributed by atoms with van der Waals surface area (Å²) in [6, 6.07) is -0.269. The van der Waals surface area contributed by atoms with Gasteiger partial charge in [0.25, 0.3) is 0 Å². The molecule has 1 fully saturated rings. The minimum Gasteiger partial charge on any atom is -0.354 e. The predicted molar refractivity (Wildman–Crippen MR) is 30.1 cm³/mol. The van der Waals surface area contributed by atoms with Crippen molar-refractivity contribution in [3.05, 3.63) is 0 Å². The second kappa shape index (κ2) is 1.74. The Morgan fingerprint density at radius 3 is 2.62 bits per heavy atom. The first-order chi connectivity index (χ1) is 3.72. The number of carbonyl (C=O) groups excluding carboxylic acids is 1. The van der Waals surface area contributed by atoms with Crippen LogP contribution in [0.2, 0.25) is 0 Å². The van der Waals surface area contributed by atoms with E-state index in [2.05, 4.69) is 5.32 Å². The Morgan fingerprint density at radius 2 is 2.50 bits per heavy atom. The molecule has 0 aromatic carbocycles. The number of rotatable bonds is 0. The first kappa shape index (κ1) is 5.56. The lowest BCUT2D eigenvalue weighted by atomic mass is 10.1. The molecular formula is C5H10N2O. The summed E-state index contributed by atoms with van der Waals surface area (Å²) in [6.07, 6.45) is 0. The van der Waals surface area contributed by atoms with Crippen LogP contribution in [0.3, 0.4) is 0 Å². The average Bonchev–Trinajstić information content (AvgIpc) is 1.98. The molecule has 0 bridgehead atoms. The number of nitrogens with one attached hydrogen (secondary N) is 1. The van der Waals surface area contributed by atoms with Gasteiger partial charge in [0.1, 0.15) is 0 Å². The highest BCUT2D eigenvalue weighted by Crippen LogP contribution is 2.04. The van der Waals surface area contributed by atoms with Gasteiger partial charge >= 0.3 is 0 Å². The van der Waals surface area contributed by atoms with E-state index in [1.54, 1.807) is 0 Å². The summed E-state index contributed by atoms with van der Waals surface area (Å²) in [5.74, 6) is 0.292. The standard InChI is InChI=1S/C5H10N2O/c1-3-2-7-5(8)4(3)6/h3-4H,2,6H2,1H3,(H,7,8)/t3-,4-/m0/s1. The molecule has 46 valence electrons. The van der Waals surface area contributed by atoms with E-state index < -0.39 is 0 Å². The number of hydrogen-bond donors (Lipinski definition) is 2. The van der Waals surface area contributed by atoms with Gasteiger partial charge in [0, 0.05) is 6.54 Å². The van der Waals surface area contributed by atoms with E-state index >= 15 is 0 Å². The van der Waals surface area contributed by atoms with Gasteiger partial charge in [-0.05, 0) is 5.92 Å². The van der Waals surface area contributed by atoms with Gasteiger partial charge in [-0.3, -0.25) is 4.79 Å². The molecule has 3 N–H and O–H groups in total. The molecule has 0 radical (unpaired) electrons. The van der Waals surface area contributed by atoms with Gasteiger partial charge in [-0.25, -0.2) is 0 Å². The van der Waals surface area contributed by atoms with E-state index in [0.717, 1.165) is 6.54 Å². The average molecular weight is 114 g/mol. The van der Waals surface area contributed by atoms with Crippen LogP contribution in [0.25, 0.3) is 0 Å². The van der Waals surface area contributed by atoms with Gasteiger partial charge in [-0.1, -0.05) is 6.92 Å². The summed E-state index contributed by atoms with van der Waals surface area (Å²) in [5, 5.41) is 2.66. The summed E-state index contributed by atoms with van der Waals surface area (Å²) >= 11 is 0. The molecule has 1 aliphatic rings. The maximum atomic E-state index is 10.5. The van der Waals surface area contributed by atoms with Crippen molar-refractivity contribution in [2.75, 3.05) is 6.54 Å². The van der Waals surface area contributed by atoms with Crippen LogP contribution < -0.4 is 11.1 Å².